The van der Waals surface area contributed by atoms with E-state index < -0.39 is 0 Å². The summed E-state index contributed by atoms with van der Waals surface area (Å²) in [6.45, 7) is 5.53. The summed E-state index contributed by atoms with van der Waals surface area (Å²) in [6, 6.07) is 0. The lowest BCUT2D eigenvalue weighted by Crippen LogP contribution is -2.22. The first kappa shape index (κ1) is 18.1. The molecule has 1 N–H and O–H groups in total. The second-order valence-corrected chi connectivity index (χ2v) is 4.95. The van der Waals surface area contributed by atoms with Crippen molar-refractivity contribution in [2.75, 3.05) is 40.3 Å². The van der Waals surface area contributed by atoms with Crippen LogP contribution < -0.4 is 5.32 Å². The quantitative estimate of drug-likeness (QED) is 0.335. The lowest BCUT2D eigenvalue weighted by Gasteiger charge is -2.09. The van der Waals surface area contributed by atoms with Crippen molar-refractivity contribution >= 4 is 5.97 Å². The van der Waals surface area contributed by atoms with Crippen LogP contribution in [0, 0.1) is 0 Å². The van der Waals surface area contributed by atoms with E-state index in [0.717, 1.165) is 45.3 Å². The van der Waals surface area contributed by atoms with Gasteiger partial charge in [0.25, 0.3) is 0 Å². The molecule has 0 saturated carbocycles. The largest absolute Gasteiger partial charge is 0.461 e. The van der Waals surface area contributed by atoms with Crippen LogP contribution in [-0.4, -0.2) is 51.2 Å². The van der Waals surface area contributed by atoms with Crippen molar-refractivity contribution in [2.45, 2.75) is 39.0 Å². The molecular formula is C15H30N2O2. The van der Waals surface area contributed by atoms with Gasteiger partial charge in [-0.15, -0.1) is 0 Å². The second-order valence-electron chi connectivity index (χ2n) is 4.95. The van der Waals surface area contributed by atoms with E-state index in [1.54, 1.807) is 0 Å². The molecule has 0 heterocycles. The molecule has 19 heavy (non-hydrogen) atoms. The Kier molecular flexibility index (Phi) is 12.9. The van der Waals surface area contributed by atoms with Crippen molar-refractivity contribution in [1.29, 1.82) is 0 Å². The molecule has 0 aliphatic carbocycles. The Morgan fingerprint density at radius 1 is 1.21 bits per heavy atom. The van der Waals surface area contributed by atoms with Crippen molar-refractivity contribution < 1.29 is 9.53 Å². The van der Waals surface area contributed by atoms with E-state index in [-0.39, 0.29) is 5.97 Å². The van der Waals surface area contributed by atoms with Crippen LogP contribution in [0.25, 0.3) is 0 Å². The molecular weight excluding hydrogens is 240 g/mol. The van der Waals surface area contributed by atoms with Crippen molar-refractivity contribution in [3.05, 3.63) is 12.2 Å². The number of hydrogen-bond donors (Lipinski definition) is 1. The summed E-state index contributed by atoms with van der Waals surface area (Å²) in [5.41, 5.74) is 0. The van der Waals surface area contributed by atoms with E-state index in [9.17, 15) is 4.79 Å². The summed E-state index contributed by atoms with van der Waals surface area (Å²) in [4.78, 5) is 13.5. The molecule has 4 nitrogen and oxygen atoms in total. The highest BCUT2D eigenvalue weighted by molar-refractivity contribution is 5.69. The Morgan fingerprint density at radius 2 is 1.95 bits per heavy atom. The molecule has 0 atom stereocenters. The minimum Gasteiger partial charge on any atom is -0.461 e. The molecule has 4 heteroatoms. The Labute approximate surface area is 118 Å². The van der Waals surface area contributed by atoms with Gasteiger partial charge in [-0.05, 0) is 53.0 Å². The summed E-state index contributed by atoms with van der Waals surface area (Å²) in [5, 5.41) is 3.33. The fraction of sp³-hybridized carbons (Fsp3) is 0.800. The first-order valence-electron chi connectivity index (χ1n) is 7.33. The second kappa shape index (κ2) is 13.6. The van der Waals surface area contributed by atoms with Crippen LogP contribution >= 0.6 is 0 Å². The molecule has 0 aromatic carbocycles. The maximum atomic E-state index is 11.4. The van der Waals surface area contributed by atoms with E-state index in [2.05, 4.69) is 37.3 Å². The van der Waals surface area contributed by atoms with E-state index >= 15 is 0 Å². The average molecular weight is 270 g/mol. The molecule has 0 amide bonds. The van der Waals surface area contributed by atoms with Gasteiger partial charge in [-0.2, -0.15) is 0 Å². The highest BCUT2D eigenvalue weighted by Crippen LogP contribution is 1.94. The summed E-state index contributed by atoms with van der Waals surface area (Å²) < 4.78 is 5.09. The third-order valence-electron chi connectivity index (χ3n) is 2.66. The van der Waals surface area contributed by atoms with Crippen LogP contribution in [0.4, 0.5) is 0 Å². The monoisotopic (exact) mass is 270 g/mol. The van der Waals surface area contributed by atoms with Crippen LogP contribution in [0.2, 0.25) is 0 Å². The van der Waals surface area contributed by atoms with Gasteiger partial charge in [0.05, 0.1) is 0 Å². The van der Waals surface area contributed by atoms with E-state index in [1.807, 2.05) is 6.08 Å². The van der Waals surface area contributed by atoms with Gasteiger partial charge in [0.2, 0.25) is 0 Å². The zero-order valence-corrected chi connectivity index (χ0v) is 12.8. The summed E-state index contributed by atoms with van der Waals surface area (Å²) in [5.74, 6) is -0.101. The van der Waals surface area contributed by atoms with Crippen molar-refractivity contribution in [1.82, 2.24) is 10.2 Å². The van der Waals surface area contributed by atoms with Gasteiger partial charge in [-0.25, -0.2) is 0 Å². The predicted molar refractivity (Wildman–Crippen MR) is 80.3 cm³/mol. The third-order valence-corrected chi connectivity index (χ3v) is 2.66. The Hall–Kier alpha value is -0.870. The number of nitrogens with zero attached hydrogens (tertiary/aromatic N) is 1. The van der Waals surface area contributed by atoms with Gasteiger partial charge in [0, 0.05) is 6.42 Å². The predicted octanol–water partition coefficient (Wildman–Crippen LogP) is 2.21. The third kappa shape index (κ3) is 15.1. The number of hydrogen-bond acceptors (Lipinski definition) is 4. The number of nitrogens with one attached hydrogen (secondary N) is 1. The van der Waals surface area contributed by atoms with E-state index in [1.165, 1.54) is 0 Å². The number of esters is 1. The molecule has 112 valence electrons. The molecule has 0 fully saturated rings. The minimum atomic E-state index is -0.101. The van der Waals surface area contributed by atoms with Crippen LogP contribution in [0.1, 0.15) is 39.0 Å². The van der Waals surface area contributed by atoms with Crippen molar-refractivity contribution in [3.8, 4) is 0 Å². The van der Waals surface area contributed by atoms with Gasteiger partial charge >= 0.3 is 5.97 Å². The zero-order valence-electron chi connectivity index (χ0n) is 12.8. The van der Waals surface area contributed by atoms with E-state index in [4.69, 9.17) is 4.74 Å². The summed E-state index contributed by atoms with van der Waals surface area (Å²) >= 11 is 0. The molecule has 0 radical (unpaired) electrons. The highest BCUT2D eigenvalue weighted by Gasteiger charge is 2.00. The lowest BCUT2D eigenvalue weighted by molar-refractivity contribution is -0.142. The summed E-state index contributed by atoms with van der Waals surface area (Å²) in [7, 11) is 4.15. The maximum absolute atomic E-state index is 11.4. The highest BCUT2D eigenvalue weighted by atomic mass is 16.5. The molecule has 0 rings (SSSR count). The number of carbonyl (C=O) groups excluding carboxylic acids is 1. The van der Waals surface area contributed by atoms with Gasteiger partial charge in [0.1, 0.15) is 6.61 Å². The first-order chi connectivity index (χ1) is 9.16. The number of unbranched alkanes of at least 4 members (excludes halogenated alkanes) is 1. The molecule has 0 aliphatic heterocycles. The van der Waals surface area contributed by atoms with Gasteiger partial charge in [0.15, 0.2) is 0 Å². The van der Waals surface area contributed by atoms with Crippen LogP contribution in [-0.2, 0) is 9.53 Å². The SMILES string of the molecule is CCC/C=C\COC(=O)CCCNCCCN(C)C. The zero-order chi connectivity index (χ0) is 14.3. The fourth-order valence-electron chi connectivity index (χ4n) is 1.57. The maximum Gasteiger partial charge on any atom is 0.306 e. The minimum absolute atomic E-state index is 0.101. The van der Waals surface area contributed by atoms with Gasteiger partial charge in [-0.1, -0.05) is 25.5 Å². The van der Waals surface area contributed by atoms with Crippen LogP contribution in [0.3, 0.4) is 0 Å². The number of carbonyl (C=O) groups is 1. The average Bonchev–Trinajstić information content (AvgIpc) is 2.37. The standard InChI is InChI=1S/C15H30N2O2/c1-4-5-6-7-14-19-15(18)10-8-11-16-12-9-13-17(2)3/h6-7,16H,4-5,8-14H2,1-3H3/b7-6-. The molecule has 0 aromatic heterocycles. The lowest BCUT2D eigenvalue weighted by atomic mass is 10.3. The van der Waals surface area contributed by atoms with Crippen LogP contribution in [0.15, 0.2) is 12.2 Å². The molecule has 0 saturated heterocycles. The molecule has 0 spiro atoms. The van der Waals surface area contributed by atoms with Gasteiger partial charge < -0.3 is 15.0 Å². The number of ether oxygens (including phenoxy) is 1. The fourth-order valence-corrected chi connectivity index (χ4v) is 1.57. The number of rotatable bonds is 12. The molecule has 0 bridgehead atoms. The normalized spacial score (nSPS) is 11.4. The Morgan fingerprint density at radius 3 is 2.63 bits per heavy atom. The number of allylic oxidation sites excluding steroid dienone is 1. The summed E-state index contributed by atoms with van der Waals surface area (Å²) in [6.07, 6.45) is 8.64. The Balaban J connectivity index is 3.25. The first-order valence-corrected chi connectivity index (χ1v) is 7.33. The van der Waals surface area contributed by atoms with E-state index in [0.29, 0.717) is 13.0 Å². The molecule has 0 aromatic rings. The van der Waals surface area contributed by atoms with Gasteiger partial charge in [-0.3, -0.25) is 4.79 Å². The Bertz CT molecular complexity index is 240. The van der Waals surface area contributed by atoms with Crippen molar-refractivity contribution in [3.63, 3.8) is 0 Å². The topological polar surface area (TPSA) is 41.6 Å². The van der Waals surface area contributed by atoms with Crippen LogP contribution in [0.5, 0.6) is 0 Å². The molecule has 0 aliphatic rings. The van der Waals surface area contributed by atoms with Crippen molar-refractivity contribution in [2.24, 2.45) is 0 Å². The molecule has 0 unspecified atom stereocenters. The smallest absolute Gasteiger partial charge is 0.306 e.